The van der Waals surface area contributed by atoms with E-state index in [1.807, 2.05) is 24.3 Å². The molecule has 2 rings (SSSR count). The van der Waals surface area contributed by atoms with Crippen molar-refractivity contribution in [3.63, 3.8) is 0 Å². The van der Waals surface area contributed by atoms with Gasteiger partial charge in [-0.25, -0.2) is 0 Å². The van der Waals surface area contributed by atoms with E-state index in [-0.39, 0.29) is 5.91 Å². The van der Waals surface area contributed by atoms with Crippen LogP contribution in [0.3, 0.4) is 0 Å². The Morgan fingerprint density at radius 2 is 1.90 bits per heavy atom. The Balaban J connectivity index is 2.16. The fraction of sp³-hybridized carbons (Fsp3) is 0.133. The van der Waals surface area contributed by atoms with Gasteiger partial charge in [0, 0.05) is 33.1 Å². The van der Waals surface area contributed by atoms with Crippen LogP contribution in [0.5, 0.6) is 0 Å². The molecule has 0 aliphatic rings. The zero-order valence-corrected chi connectivity index (χ0v) is 14.7. The Morgan fingerprint density at radius 3 is 2.55 bits per heavy atom. The summed E-state index contributed by atoms with van der Waals surface area (Å²) in [4.78, 5) is 14.0. The monoisotopic (exact) mass is 415 g/mol. The third-order valence-corrected chi connectivity index (χ3v) is 3.93. The molecule has 104 valence electrons. The SMILES string of the molecule is CN(Cc1cccc(Br)c1)C(=O)c1cc(Cl)cc(Br)c1. The van der Waals surface area contributed by atoms with Crippen molar-refractivity contribution in [3.05, 3.63) is 67.6 Å². The second-order valence-electron chi connectivity index (χ2n) is 4.45. The van der Waals surface area contributed by atoms with Crippen molar-refractivity contribution in [2.24, 2.45) is 0 Å². The van der Waals surface area contributed by atoms with Gasteiger partial charge in [0.15, 0.2) is 0 Å². The van der Waals surface area contributed by atoms with Gasteiger partial charge < -0.3 is 4.90 Å². The van der Waals surface area contributed by atoms with Gasteiger partial charge in [-0.05, 0) is 35.9 Å². The van der Waals surface area contributed by atoms with E-state index < -0.39 is 0 Å². The molecular weight excluding hydrogens is 405 g/mol. The van der Waals surface area contributed by atoms with E-state index >= 15 is 0 Å². The van der Waals surface area contributed by atoms with E-state index in [1.54, 1.807) is 30.1 Å². The minimum Gasteiger partial charge on any atom is -0.337 e. The molecule has 0 aromatic heterocycles. The van der Waals surface area contributed by atoms with Crippen molar-refractivity contribution in [2.75, 3.05) is 7.05 Å². The summed E-state index contributed by atoms with van der Waals surface area (Å²) in [5.74, 6) is -0.0619. The predicted octanol–water partition coefficient (Wildman–Crippen LogP) is 5.14. The summed E-state index contributed by atoms with van der Waals surface area (Å²) in [6, 6.07) is 13.1. The van der Waals surface area contributed by atoms with Crippen molar-refractivity contribution in [2.45, 2.75) is 6.54 Å². The van der Waals surface area contributed by atoms with Gasteiger partial charge in [-0.1, -0.05) is 55.6 Å². The van der Waals surface area contributed by atoms with Crippen LogP contribution in [0.4, 0.5) is 0 Å². The topological polar surface area (TPSA) is 20.3 Å². The van der Waals surface area contributed by atoms with Gasteiger partial charge in [-0.15, -0.1) is 0 Å². The lowest BCUT2D eigenvalue weighted by atomic mass is 10.1. The highest BCUT2D eigenvalue weighted by molar-refractivity contribution is 9.10. The number of hydrogen-bond donors (Lipinski definition) is 0. The van der Waals surface area contributed by atoms with E-state index in [1.165, 1.54) is 0 Å². The van der Waals surface area contributed by atoms with E-state index in [9.17, 15) is 4.79 Å². The molecular formula is C15H12Br2ClNO. The fourth-order valence-corrected chi connectivity index (χ4v) is 3.19. The number of nitrogens with zero attached hydrogens (tertiary/aromatic N) is 1. The Kier molecular flexibility index (Phi) is 5.24. The van der Waals surface area contributed by atoms with E-state index in [0.29, 0.717) is 17.1 Å². The minimum atomic E-state index is -0.0619. The van der Waals surface area contributed by atoms with Crippen molar-refractivity contribution in [1.29, 1.82) is 0 Å². The zero-order valence-electron chi connectivity index (χ0n) is 10.7. The molecule has 0 fully saturated rings. The second kappa shape index (κ2) is 6.74. The van der Waals surface area contributed by atoms with Crippen LogP contribution in [0.15, 0.2) is 51.4 Å². The molecule has 0 radical (unpaired) electrons. The molecule has 0 atom stereocenters. The Labute approximate surface area is 140 Å². The quantitative estimate of drug-likeness (QED) is 0.677. The first-order valence-electron chi connectivity index (χ1n) is 5.92. The molecule has 0 bridgehead atoms. The number of rotatable bonds is 3. The molecule has 1 amide bonds. The van der Waals surface area contributed by atoms with Crippen LogP contribution >= 0.6 is 43.5 Å². The summed E-state index contributed by atoms with van der Waals surface area (Å²) in [5.41, 5.74) is 1.64. The van der Waals surface area contributed by atoms with Crippen molar-refractivity contribution in [3.8, 4) is 0 Å². The zero-order chi connectivity index (χ0) is 14.7. The molecule has 0 saturated carbocycles. The smallest absolute Gasteiger partial charge is 0.253 e. The first-order chi connectivity index (χ1) is 9.45. The molecule has 5 heteroatoms. The normalized spacial score (nSPS) is 10.4. The number of halogens is 3. The van der Waals surface area contributed by atoms with Crippen molar-refractivity contribution >= 4 is 49.4 Å². The number of carbonyl (C=O) groups excluding carboxylic acids is 1. The largest absolute Gasteiger partial charge is 0.337 e. The minimum absolute atomic E-state index is 0.0619. The average molecular weight is 418 g/mol. The summed E-state index contributed by atoms with van der Waals surface area (Å²) < 4.78 is 1.80. The lowest BCUT2D eigenvalue weighted by Crippen LogP contribution is -2.26. The molecule has 0 aliphatic carbocycles. The van der Waals surface area contributed by atoms with Crippen LogP contribution in [0.1, 0.15) is 15.9 Å². The molecule has 0 spiro atoms. The molecule has 0 unspecified atom stereocenters. The molecule has 2 nitrogen and oxygen atoms in total. The first kappa shape index (κ1) is 15.5. The standard InChI is InChI=1S/C15H12Br2ClNO/c1-19(9-10-3-2-4-12(16)5-10)15(20)11-6-13(17)8-14(18)7-11/h2-8H,9H2,1H3. The van der Waals surface area contributed by atoms with Gasteiger partial charge in [-0.2, -0.15) is 0 Å². The van der Waals surface area contributed by atoms with Gasteiger partial charge in [-0.3, -0.25) is 4.79 Å². The summed E-state index contributed by atoms with van der Waals surface area (Å²) in [7, 11) is 1.78. The molecule has 0 aliphatic heterocycles. The molecule has 0 N–H and O–H groups in total. The Hall–Kier alpha value is -0.840. The maximum atomic E-state index is 12.4. The van der Waals surface area contributed by atoms with Gasteiger partial charge >= 0.3 is 0 Å². The molecule has 2 aromatic rings. The molecule has 0 heterocycles. The number of benzene rings is 2. The van der Waals surface area contributed by atoms with Crippen LogP contribution in [0.2, 0.25) is 5.02 Å². The summed E-state index contributed by atoms with van der Waals surface area (Å²) in [6.07, 6.45) is 0. The van der Waals surface area contributed by atoms with E-state index in [4.69, 9.17) is 11.6 Å². The lowest BCUT2D eigenvalue weighted by molar-refractivity contribution is 0.0785. The van der Waals surface area contributed by atoms with Crippen LogP contribution < -0.4 is 0 Å². The summed E-state index contributed by atoms with van der Waals surface area (Å²) >= 11 is 12.7. The Bertz CT molecular complexity index is 625. The average Bonchev–Trinajstić information content (AvgIpc) is 2.36. The maximum Gasteiger partial charge on any atom is 0.253 e. The van der Waals surface area contributed by atoms with Crippen molar-refractivity contribution < 1.29 is 4.79 Å². The van der Waals surface area contributed by atoms with Gasteiger partial charge in [0.2, 0.25) is 0 Å². The Morgan fingerprint density at radius 1 is 1.15 bits per heavy atom. The predicted molar refractivity (Wildman–Crippen MR) is 89.1 cm³/mol. The highest BCUT2D eigenvalue weighted by atomic mass is 79.9. The number of carbonyl (C=O) groups is 1. The van der Waals surface area contributed by atoms with E-state index in [0.717, 1.165) is 14.5 Å². The molecule has 20 heavy (non-hydrogen) atoms. The molecule has 2 aromatic carbocycles. The summed E-state index contributed by atoms with van der Waals surface area (Å²) in [6.45, 7) is 0.544. The number of amides is 1. The van der Waals surface area contributed by atoms with Crippen LogP contribution in [-0.4, -0.2) is 17.9 Å². The third kappa shape index (κ3) is 4.08. The highest BCUT2D eigenvalue weighted by Crippen LogP contribution is 2.21. The first-order valence-corrected chi connectivity index (χ1v) is 7.88. The second-order valence-corrected chi connectivity index (χ2v) is 6.72. The van der Waals surface area contributed by atoms with Crippen molar-refractivity contribution in [1.82, 2.24) is 4.90 Å². The lowest BCUT2D eigenvalue weighted by Gasteiger charge is -2.18. The third-order valence-electron chi connectivity index (χ3n) is 2.76. The van der Waals surface area contributed by atoms with Gasteiger partial charge in [0.05, 0.1) is 0 Å². The van der Waals surface area contributed by atoms with Crippen LogP contribution in [0, 0.1) is 0 Å². The maximum absolute atomic E-state index is 12.4. The number of hydrogen-bond acceptors (Lipinski definition) is 1. The van der Waals surface area contributed by atoms with Gasteiger partial charge in [0.1, 0.15) is 0 Å². The summed E-state index contributed by atoms with van der Waals surface area (Å²) in [5, 5.41) is 0.540. The van der Waals surface area contributed by atoms with Gasteiger partial charge in [0.25, 0.3) is 5.91 Å². The highest BCUT2D eigenvalue weighted by Gasteiger charge is 2.13. The molecule has 0 saturated heterocycles. The van der Waals surface area contributed by atoms with Crippen LogP contribution in [0.25, 0.3) is 0 Å². The van der Waals surface area contributed by atoms with Crippen LogP contribution in [-0.2, 0) is 6.54 Å². The fourth-order valence-electron chi connectivity index (χ4n) is 1.88. The van der Waals surface area contributed by atoms with E-state index in [2.05, 4.69) is 31.9 Å².